The normalized spacial score (nSPS) is 12.3. The summed E-state index contributed by atoms with van der Waals surface area (Å²) >= 11 is 1.34. The summed E-state index contributed by atoms with van der Waals surface area (Å²) in [5.41, 5.74) is 2.04. The van der Waals surface area contributed by atoms with E-state index in [1.54, 1.807) is 18.2 Å². The minimum atomic E-state index is -0.204. The zero-order chi connectivity index (χ0) is 20.5. The number of aromatic nitrogens is 3. The number of hydrogen-bond acceptors (Lipinski definition) is 7. The summed E-state index contributed by atoms with van der Waals surface area (Å²) in [6, 6.07) is 12.7. The van der Waals surface area contributed by atoms with E-state index < -0.39 is 0 Å². The molecule has 1 aliphatic rings. The molecule has 0 aliphatic carbocycles. The number of hydrogen-bond donors (Lipinski definition) is 2. The molecule has 0 bridgehead atoms. The van der Waals surface area contributed by atoms with E-state index in [0.29, 0.717) is 39.8 Å². The van der Waals surface area contributed by atoms with Gasteiger partial charge in [0.2, 0.25) is 12.7 Å². The average Bonchev–Trinajstić information content (AvgIpc) is 3.41. The summed E-state index contributed by atoms with van der Waals surface area (Å²) < 4.78 is 10.7. The first-order valence-electron chi connectivity index (χ1n) is 9.29. The van der Waals surface area contributed by atoms with Gasteiger partial charge in [-0.05, 0) is 30.3 Å². The van der Waals surface area contributed by atoms with Crippen molar-refractivity contribution in [2.24, 2.45) is 0 Å². The van der Waals surface area contributed by atoms with Crippen LogP contribution in [0.15, 0.2) is 52.6 Å². The third kappa shape index (κ3) is 3.62. The molecule has 0 atom stereocenters. The van der Waals surface area contributed by atoms with Crippen molar-refractivity contribution in [3.63, 3.8) is 0 Å². The van der Waals surface area contributed by atoms with Crippen LogP contribution in [0.4, 0.5) is 5.13 Å². The molecule has 2 N–H and O–H groups in total. The number of rotatable bonds is 5. The van der Waals surface area contributed by atoms with Crippen molar-refractivity contribution in [3.8, 4) is 22.8 Å². The van der Waals surface area contributed by atoms with Gasteiger partial charge in [-0.1, -0.05) is 12.1 Å². The molecule has 3 heterocycles. The highest BCUT2D eigenvalue weighted by molar-refractivity contribution is 7.14. The van der Waals surface area contributed by atoms with E-state index in [1.165, 1.54) is 11.3 Å². The van der Waals surface area contributed by atoms with Gasteiger partial charge in [0.25, 0.3) is 5.56 Å². The first-order chi connectivity index (χ1) is 14.7. The number of amides is 1. The average molecular weight is 420 g/mol. The molecule has 1 aliphatic heterocycles. The fourth-order valence-corrected chi connectivity index (χ4v) is 3.92. The molecule has 0 fully saturated rings. The lowest BCUT2D eigenvalue weighted by atomic mass is 10.1. The summed E-state index contributed by atoms with van der Waals surface area (Å²) in [4.78, 5) is 36.1. The number of anilines is 1. The fraction of sp³-hybridized carbons (Fsp3) is 0.143. The van der Waals surface area contributed by atoms with Crippen LogP contribution < -0.4 is 20.3 Å². The Bertz CT molecular complexity index is 1310. The van der Waals surface area contributed by atoms with Crippen molar-refractivity contribution in [1.82, 2.24) is 15.0 Å². The monoisotopic (exact) mass is 420 g/mol. The lowest BCUT2D eigenvalue weighted by molar-refractivity contribution is -0.116. The maximum atomic E-state index is 12.3. The molecular formula is C21H16N4O4S. The molecule has 2 aromatic heterocycles. The Hall–Kier alpha value is -3.72. The van der Waals surface area contributed by atoms with Crippen molar-refractivity contribution in [2.75, 3.05) is 12.1 Å². The number of fused-ring (bicyclic) bond motifs is 2. The highest BCUT2D eigenvalue weighted by atomic mass is 32.1. The number of nitrogens with zero attached hydrogens (tertiary/aromatic N) is 2. The molecule has 0 unspecified atom stereocenters. The third-order valence-electron chi connectivity index (χ3n) is 4.67. The zero-order valence-electron chi connectivity index (χ0n) is 15.7. The van der Waals surface area contributed by atoms with E-state index >= 15 is 0 Å². The van der Waals surface area contributed by atoms with E-state index in [0.717, 1.165) is 11.3 Å². The van der Waals surface area contributed by atoms with Gasteiger partial charge in [-0.15, -0.1) is 11.3 Å². The summed E-state index contributed by atoms with van der Waals surface area (Å²) in [6.45, 7) is 0.217. The van der Waals surface area contributed by atoms with E-state index in [4.69, 9.17) is 9.47 Å². The minimum Gasteiger partial charge on any atom is -0.454 e. The molecule has 8 nitrogen and oxygen atoms in total. The quantitative estimate of drug-likeness (QED) is 0.513. The zero-order valence-corrected chi connectivity index (χ0v) is 16.5. The largest absolute Gasteiger partial charge is 0.454 e. The van der Waals surface area contributed by atoms with Crippen LogP contribution in [0.1, 0.15) is 12.2 Å². The van der Waals surface area contributed by atoms with Gasteiger partial charge in [0.1, 0.15) is 5.82 Å². The molecule has 4 aromatic rings. The number of aryl methyl sites for hydroxylation is 1. The number of carbonyl (C=O) groups excluding carboxylic acids is 1. The number of thiazole rings is 1. The van der Waals surface area contributed by atoms with Crippen LogP contribution in [0.3, 0.4) is 0 Å². The van der Waals surface area contributed by atoms with Crippen LogP contribution >= 0.6 is 11.3 Å². The van der Waals surface area contributed by atoms with E-state index in [1.807, 2.05) is 29.6 Å². The Balaban J connectivity index is 1.24. The Morgan fingerprint density at radius 3 is 2.93 bits per heavy atom. The van der Waals surface area contributed by atoms with Gasteiger partial charge >= 0.3 is 0 Å². The molecule has 0 saturated carbocycles. The number of ether oxygens (including phenoxy) is 2. The standard InChI is InChI=1S/C21H16N4O4S/c26-19(8-7-18-22-14-4-2-1-3-13(14)20(27)24-18)25-21-23-15(10-30-21)12-5-6-16-17(9-12)29-11-28-16/h1-6,9-10H,7-8,11H2,(H,22,24,27)(H,23,25,26). The topological polar surface area (TPSA) is 106 Å². The number of benzene rings is 2. The third-order valence-corrected chi connectivity index (χ3v) is 5.43. The first kappa shape index (κ1) is 18.3. The van der Waals surface area contributed by atoms with Crippen molar-refractivity contribution in [2.45, 2.75) is 12.8 Å². The summed E-state index contributed by atoms with van der Waals surface area (Å²) in [6.07, 6.45) is 0.506. The Labute approximate surface area is 174 Å². The van der Waals surface area contributed by atoms with Gasteiger partial charge in [0, 0.05) is 23.8 Å². The second kappa shape index (κ2) is 7.60. The maximum Gasteiger partial charge on any atom is 0.258 e. The van der Waals surface area contributed by atoms with Gasteiger partial charge in [0.05, 0.1) is 16.6 Å². The molecule has 5 rings (SSSR count). The highest BCUT2D eigenvalue weighted by Gasteiger charge is 2.15. The number of H-pyrrole nitrogens is 1. The van der Waals surface area contributed by atoms with Crippen LogP contribution in [0.2, 0.25) is 0 Å². The first-order valence-corrected chi connectivity index (χ1v) is 10.2. The summed E-state index contributed by atoms with van der Waals surface area (Å²) in [5, 5.41) is 5.71. The molecule has 150 valence electrons. The predicted molar refractivity (Wildman–Crippen MR) is 113 cm³/mol. The molecule has 30 heavy (non-hydrogen) atoms. The smallest absolute Gasteiger partial charge is 0.258 e. The van der Waals surface area contributed by atoms with E-state index in [2.05, 4.69) is 20.3 Å². The van der Waals surface area contributed by atoms with Gasteiger partial charge in [-0.3, -0.25) is 9.59 Å². The van der Waals surface area contributed by atoms with Crippen LogP contribution in [0.5, 0.6) is 11.5 Å². The lowest BCUT2D eigenvalue weighted by Crippen LogP contribution is -2.16. The fourth-order valence-electron chi connectivity index (χ4n) is 3.19. The molecule has 0 saturated heterocycles. The van der Waals surface area contributed by atoms with Crippen molar-refractivity contribution < 1.29 is 14.3 Å². The van der Waals surface area contributed by atoms with Crippen LogP contribution in [0, 0.1) is 0 Å². The number of carbonyl (C=O) groups is 1. The minimum absolute atomic E-state index is 0.181. The molecule has 0 radical (unpaired) electrons. The lowest BCUT2D eigenvalue weighted by Gasteiger charge is -2.04. The van der Waals surface area contributed by atoms with Crippen LogP contribution in [0.25, 0.3) is 22.2 Å². The van der Waals surface area contributed by atoms with Gasteiger partial charge < -0.3 is 19.8 Å². The summed E-state index contributed by atoms with van der Waals surface area (Å²) in [5.74, 6) is 1.68. The van der Waals surface area contributed by atoms with Gasteiger partial charge in [-0.25, -0.2) is 9.97 Å². The molecule has 0 spiro atoms. The Morgan fingerprint density at radius 2 is 2.00 bits per heavy atom. The van der Waals surface area contributed by atoms with Crippen LogP contribution in [-0.4, -0.2) is 27.7 Å². The second-order valence-corrected chi connectivity index (χ2v) is 7.54. The molecular weight excluding hydrogens is 404 g/mol. The van der Waals surface area contributed by atoms with Crippen molar-refractivity contribution in [3.05, 3.63) is 64.0 Å². The Morgan fingerprint density at radius 1 is 1.13 bits per heavy atom. The van der Waals surface area contributed by atoms with Crippen molar-refractivity contribution >= 4 is 33.3 Å². The maximum absolute atomic E-state index is 12.3. The van der Waals surface area contributed by atoms with Crippen LogP contribution in [-0.2, 0) is 11.2 Å². The van der Waals surface area contributed by atoms with Crippen molar-refractivity contribution in [1.29, 1.82) is 0 Å². The van der Waals surface area contributed by atoms with Gasteiger partial charge in [0.15, 0.2) is 16.6 Å². The number of aromatic amines is 1. The summed E-state index contributed by atoms with van der Waals surface area (Å²) in [7, 11) is 0. The Kier molecular flexibility index (Phi) is 4.64. The highest BCUT2D eigenvalue weighted by Crippen LogP contribution is 2.36. The molecule has 9 heteroatoms. The number of nitrogens with one attached hydrogen (secondary N) is 2. The SMILES string of the molecule is O=C(CCc1nc2ccccc2c(=O)[nH]1)Nc1nc(-c2ccc3c(c2)OCO3)cs1. The molecule has 2 aromatic carbocycles. The number of para-hydroxylation sites is 1. The van der Waals surface area contributed by atoms with E-state index in [-0.39, 0.29) is 24.7 Å². The van der Waals surface area contributed by atoms with E-state index in [9.17, 15) is 9.59 Å². The second-order valence-electron chi connectivity index (χ2n) is 6.68. The van der Waals surface area contributed by atoms with Gasteiger partial charge in [-0.2, -0.15) is 0 Å². The molecule has 1 amide bonds. The predicted octanol–water partition coefficient (Wildman–Crippen LogP) is 3.35.